The molecule has 0 saturated carbocycles. The number of hydrogen-bond donors (Lipinski definition) is 1. The Hall–Kier alpha value is -0.610. The van der Waals surface area contributed by atoms with E-state index in [1.165, 1.54) is 13.2 Å². The lowest BCUT2D eigenvalue weighted by Gasteiger charge is -2.06. The topological polar surface area (TPSA) is 21.3 Å². The molecular weight excluding hydrogens is 273 g/mol. The second-order valence-electron chi connectivity index (χ2n) is 3.54. The molecule has 4 heteroatoms. The zero-order valence-corrected chi connectivity index (χ0v) is 11.0. The van der Waals surface area contributed by atoms with Crippen LogP contribution in [0.1, 0.15) is 18.4 Å². The number of nitrogens with one attached hydrogen (secondary N) is 1. The molecule has 0 fully saturated rings. The Balaban J connectivity index is 2.34. The van der Waals surface area contributed by atoms with E-state index in [2.05, 4.69) is 21.2 Å². The minimum absolute atomic E-state index is 0.294. The lowest BCUT2D eigenvalue weighted by atomic mass is 10.2. The Bertz CT molecular complexity index is 320. The van der Waals surface area contributed by atoms with E-state index in [4.69, 9.17) is 4.74 Å². The molecule has 0 aromatic heterocycles. The van der Waals surface area contributed by atoms with Crippen LogP contribution in [0.3, 0.4) is 0 Å². The van der Waals surface area contributed by atoms with E-state index >= 15 is 0 Å². The Morgan fingerprint density at radius 3 is 2.81 bits per heavy atom. The van der Waals surface area contributed by atoms with Gasteiger partial charge in [-0.15, -0.1) is 0 Å². The molecular formula is C12H17BrFNO. The first-order valence-electron chi connectivity index (χ1n) is 5.37. The van der Waals surface area contributed by atoms with Gasteiger partial charge in [0.05, 0.1) is 7.11 Å². The lowest BCUT2D eigenvalue weighted by molar-refractivity contribution is 0.386. The summed E-state index contributed by atoms with van der Waals surface area (Å²) >= 11 is 3.38. The third-order valence-corrected chi connectivity index (χ3v) is 2.84. The minimum Gasteiger partial charge on any atom is -0.494 e. The standard InChI is InChI=1S/C12H17BrFNO/c1-16-12-5-4-10(8-11(12)14)9-15-7-3-2-6-13/h4-5,8,15H,2-3,6-7,9H2,1H3. The van der Waals surface area contributed by atoms with Crippen LogP contribution < -0.4 is 10.1 Å². The summed E-state index contributed by atoms with van der Waals surface area (Å²) in [6.07, 6.45) is 2.29. The van der Waals surface area contributed by atoms with Crippen LogP contribution in [0.4, 0.5) is 4.39 Å². The molecule has 2 nitrogen and oxygen atoms in total. The third kappa shape index (κ3) is 4.49. The van der Waals surface area contributed by atoms with Gasteiger partial charge >= 0.3 is 0 Å². The van der Waals surface area contributed by atoms with Crippen LogP contribution in [0.15, 0.2) is 18.2 Å². The fourth-order valence-corrected chi connectivity index (χ4v) is 1.79. The van der Waals surface area contributed by atoms with Crippen molar-refractivity contribution in [3.05, 3.63) is 29.6 Å². The average Bonchev–Trinajstić information content (AvgIpc) is 2.29. The van der Waals surface area contributed by atoms with Crippen molar-refractivity contribution in [3.8, 4) is 5.75 Å². The van der Waals surface area contributed by atoms with E-state index < -0.39 is 0 Å². The highest BCUT2D eigenvalue weighted by Gasteiger charge is 2.02. The fraction of sp³-hybridized carbons (Fsp3) is 0.500. The van der Waals surface area contributed by atoms with Crippen molar-refractivity contribution >= 4 is 15.9 Å². The van der Waals surface area contributed by atoms with E-state index in [1.807, 2.05) is 6.07 Å². The molecule has 0 unspecified atom stereocenters. The maximum Gasteiger partial charge on any atom is 0.165 e. The molecule has 16 heavy (non-hydrogen) atoms. The van der Waals surface area contributed by atoms with E-state index in [9.17, 15) is 4.39 Å². The van der Waals surface area contributed by atoms with E-state index in [0.717, 1.165) is 30.3 Å². The number of unbranched alkanes of at least 4 members (excludes halogenated alkanes) is 1. The maximum absolute atomic E-state index is 13.3. The van der Waals surface area contributed by atoms with Gasteiger partial charge in [0.1, 0.15) is 0 Å². The van der Waals surface area contributed by atoms with Crippen molar-refractivity contribution in [2.75, 3.05) is 19.0 Å². The van der Waals surface area contributed by atoms with Crippen LogP contribution in [-0.2, 0) is 6.54 Å². The zero-order valence-electron chi connectivity index (χ0n) is 9.43. The monoisotopic (exact) mass is 289 g/mol. The molecule has 0 aliphatic heterocycles. The van der Waals surface area contributed by atoms with Gasteiger partial charge in [0.2, 0.25) is 0 Å². The van der Waals surface area contributed by atoms with Gasteiger partial charge < -0.3 is 10.1 Å². The van der Waals surface area contributed by atoms with Crippen molar-refractivity contribution in [3.63, 3.8) is 0 Å². The van der Waals surface area contributed by atoms with Gasteiger partial charge in [0.15, 0.2) is 11.6 Å². The number of benzene rings is 1. The first kappa shape index (κ1) is 13.5. The molecule has 0 spiro atoms. The average molecular weight is 290 g/mol. The van der Waals surface area contributed by atoms with Crippen LogP contribution in [0.2, 0.25) is 0 Å². The molecule has 0 radical (unpaired) electrons. The molecule has 0 saturated heterocycles. The van der Waals surface area contributed by atoms with E-state index in [0.29, 0.717) is 12.3 Å². The lowest BCUT2D eigenvalue weighted by Crippen LogP contribution is -2.14. The largest absolute Gasteiger partial charge is 0.494 e. The molecule has 90 valence electrons. The second kappa shape index (κ2) is 7.63. The predicted molar refractivity (Wildman–Crippen MR) is 67.7 cm³/mol. The molecule has 0 bridgehead atoms. The molecule has 1 rings (SSSR count). The summed E-state index contributed by atoms with van der Waals surface area (Å²) in [5.74, 6) is -0.00898. The van der Waals surface area contributed by atoms with Crippen molar-refractivity contribution < 1.29 is 9.13 Å². The highest BCUT2D eigenvalue weighted by Crippen LogP contribution is 2.17. The SMILES string of the molecule is COc1ccc(CNCCCCBr)cc1F. The Morgan fingerprint density at radius 2 is 2.19 bits per heavy atom. The molecule has 0 atom stereocenters. The van der Waals surface area contributed by atoms with Gasteiger partial charge in [-0.25, -0.2) is 4.39 Å². The summed E-state index contributed by atoms with van der Waals surface area (Å²) in [6.45, 7) is 1.66. The summed E-state index contributed by atoms with van der Waals surface area (Å²) < 4.78 is 18.2. The number of halogens is 2. The van der Waals surface area contributed by atoms with Crippen molar-refractivity contribution in [2.45, 2.75) is 19.4 Å². The molecule has 0 aliphatic carbocycles. The Kier molecular flexibility index (Phi) is 6.42. The molecule has 0 amide bonds. The van der Waals surface area contributed by atoms with Gasteiger partial charge in [0, 0.05) is 11.9 Å². The predicted octanol–water partition coefficient (Wildman–Crippen LogP) is 3.10. The Labute approximate surface area is 104 Å². The Morgan fingerprint density at radius 1 is 1.38 bits per heavy atom. The second-order valence-corrected chi connectivity index (χ2v) is 4.33. The first-order chi connectivity index (χ1) is 7.77. The third-order valence-electron chi connectivity index (χ3n) is 2.28. The van der Waals surface area contributed by atoms with E-state index in [-0.39, 0.29) is 5.82 Å². The van der Waals surface area contributed by atoms with Gasteiger partial charge in [0.25, 0.3) is 0 Å². The number of rotatable bonds is 7. The normalized spacial score (nSPS) is 10.4. The number of ether oxygens (including phenoxy) is 1. The van der Waals surface area contributed by atoms with E-state index in [1.54, 1.807) is 6.07 Å². The van der Waals surface area contributed by atoms with Crippen molar-refractivity contribution in [2.24, 2.45) is 0 Å². The summed E-state index contributed by atoms with van der Waals surface area (Å²) in [5, 5.41) is 4.31. The highest BCUT2D eigenvalue weighted by molar-refractivity contribution is 9.09. The molecule has 0 aliphatic rings. The summed E-state index contributed by atoms with van der Waals surface area (Å²) in [6, 6.07) is 5.04. The fourth-order valence-electron chi connectivity index (χ4n) is 1.40. The highest BCUT2D eigenvalue weighted by atomic mass is 79.9. The van der Waals surface area contributed by atoms with Crippen molar-refractivity contribution in [1.29, 1.82) is 0 Å². The molecule has 1 aromatic rings. The van der Waals surface area contributed by atoms with Crippen molar-refractivity contribution in [1.82, 2.24) is 5.32 Å². The van der Waals surface area contributed by atoms with Crippen LogP contribution in [-0.4, -0.2) is 19.0 Å². The van der Waals surface area contributed by atoms with Crippen LogP contribution in [0.25, 0.3) is 0 Å². The number of alkyl halides is 1. The minimum atomic E-state index is -0.303. The summed E-state index contributed by atoms with van der Waals surface area (Å²) in [5.41, 5.74) is 0.942. The maximum atomic E-state index is 13.3. The van der Waals surface area contributed by atoms with Gasteiger partial charge in [-0.1, -0.05) is 22.0 Å². The van der Waals surface area contributed by atoms with Crippen LogP contribution in [0.5, 0.6) is 5.75 Å². The van der Waals surface area contributed by atoms with Gasteiger partial charge in [-0.05, 0) is 37.1 Å². The van der Waals surface area contributed by atoms with Gasteiger partial charge in [-0.2, -0.15) is 0 Å². The smallest absolute Gasteiger partial charge is 0.165 e. The van der Waals surface area contributed by atoms with Gasteiger partial charge in [-0.3, -0.25) is 0 Å². The summed E-state index contributed by atoms with van der Waals surface area (Å²) in [4.78, 5) is 0. The first-order valence-corrected chi connectivity index (χ1v) is 6.49. The van der Waals surface area contributed by atoms with Crippen LogP contribution in [0, 0.1) is 5.82 Å². The number of hydrogen-bond acceptors (Lipinski definition) is 2. The molecule has 1 N–H and O–H groups in total. The summed E-state index contributed by atoms with van der Waals surface area (Å²) in [7, 11) is 1.47. The quantitative estimate of drug-likeness (QED) is 0.615. The number of methoxy groups -OCH3 is 1. The zero-order chi connectivity index (χ0) is 11.8. The van der Waals surface area contributed by atoms with Crippen LogP contribution >= 0.6 is 15.9 Å². The molecule has 0 heterocycles. The molecule has 1 aromatic carbocycles.